The molecule has 2 heterocycles. The van der Waals surface area contributed by atoms with Crippen LogP contribution in [0.1, 0.15) is 60.8 Å². The highest BCUT2D eigenvalue weighted by Gasteiger charge is 2.33. The number of piperidine rings is 1. The van der Waals surface area contributed by atoms with Crippen molar-refractivity contribution in [2.24, 2.45) is 17.3 Å². The van der Waals surface area contributed by atoms with E-state index in [1.807, 2.05) is 0 Å². The molecule has 0 N–H and O–H groups in total. The van der Waals surface area contributed by atoms with Gasteiger partial charge in [-0.1, -0.05) is 27.7 Å². The van der Waals surface area contributed by atoms with Crippen molar-refractivity contribution in [2.75, 3.05) is 52.4 Å². The summed E-state index contributed by atoms with van der Waals surface area (Å²) in [5.41, 5.74) is 0.477. The Balaban J connectivity index is 1.76. The van der Waals surface area contributed by atoms with Gasteiger partial charge in [0.2, 0.25) is 0 Å². The van der Waals surface area contributed by atoms with E-state index in [4.69, 9.17) is 0 Å². The lowest BCUT2D eigenvalue weighted by Gasteiger charge is -2.44. The van der Waals surface area contributed by atoms with Crippen molar-refractivity contribution in [3.8, 4) is 0 Å². The van der Waals surface area contributed by atoms with Crippen LogP contribution in [0, 0.1) is 17.3 Å². The van der Waals surface area contributed by atoms with Gasteiger partial charge in [0.15, 0.2) is 0 Å². The summed E-state index contributed by atoms with van der Waals surface area (Å²) in [6.07, 6.45) is 4.19. The first-order chi connectivity index (χ1) is 11.3. The maximum Gasteiger partial charge on any atom is 0.0113 e. The first-order valence-electron chi connectivity index (χ1n) is 10.5. The highest BCUT2D eigenvalue weighted by Crippen LogP contribution is 2.37. The molecule has 0 aromatic rings. The van der Waals surface area contributed by atoms with Gasteiger partial charge in [-0.25, -0.2) is 0 Å². The number of hydrogen-bond donors (Lipinski definition) is 0. The van der Waals surface area contributed by atoms with Crippen LogP contribution in [0.25, 0.3) is 0 Å². The summed E-state index contributed by atoms with van der Waals surface area (Å²) in [5.74, 6) is 1.67. The van der Waals surface area contributed by atoms with Crippen LogP contribution in [0.3, 0.4) is 0 Å². The molecule has 0 aliphatic carbocycles. The normalized spacial score (nSPS) is 25.8. The van der Waals surface area contributed by atoms with Crippen LogP contribution in [0.5, 0.6) is 0 Å². The second-order valence-electron chi connectivity index (χ2n) is 9.70. The molecule has 2 aliphatic rings. The SMILES string of the molecule is CC(C)CN1CCCC(C(C)(C)CCN2CCN(C(C)C)CC2)C1. The minimum Gasteiger partial charge on any atom is -0.303 e. The van der Waals surface area contributed by atoms with Crippen molar-refractivity contribution in [3.63, 3.8) is 0 Å². The minimum absolute atomic E-state index is 0.477. The Morgan fingerprint density at radius 1 is 0.917 bits per heavy atom. The molecule has 3 nitrogen and oxygen atoms in total. The average Bonchev–Trinajstić information content (AvgIpc) is 2.53. The summed E-state index contributed by atoms with van der Waals surface area (Å²) in [6, 6.07) is 0.706. The van der Waals surface area contributed by atoms with E-state index in [0.717, 1.165) is 11.8 Å². The topological polar surface area (TPSA) is 9.72 Å². The third-order valence-corrected chi connectivity index (χ3v) is 6.44. The van der Waals surface area contributed by atoms with Gasteiger partial charge in [0, 0.05) is 45.3 Å². The first kappa shape index (κ1) is 20.2. The third-order valence-electron chi connectivity index (χ3n) is 6.44. The summed E-state index contributed by atoms with van der Waals surface area (Å²) < 4.78 is 0. The van der Waals surface area contributed by atoms with Crippen molar-refractivity contribution in [3.05, 3.63) is 0 Å². The molecule has 1 atom stereocenters. The summed E-state index contributed by atoms with van der Waals surface area (Å²) in [7, 11) is 0. The van der Waals surface area contributed by atoms with Crippen LogP contribution < -0.4 is 0 Å². The van der Waals surface area contributed by atoms with E-state index in [1.54, 1.807) is 0 Å². The van der Waals surface area contributed by atoms with Gasteiger partial charge < -0.3 is 9.80 Å². The molecule has 0 radical (unpaired) electrons. The van der Waals surface area contributed by atoms with Gasteiger partial charge in [0.25, 0.3) is 0 Å². The Labute approximate surface area is 151 Å². The van der Waals surface area contributed by atoms with Gasteiger partial charge in [-0.15, -0.1) is 0 Å². The van der Waals surface area contributed by atoms with Gasteiger partial charge in [-0.3, -0.25) is 4.90 Å². The van der Waals surface area contributed by atoms with E-state index in [-0.39, 0.29) is 0 Å². The van der Waals surface area contributed by atoms with E-state index in [2.05, 4.69) is 56.2 Å². The molecule has 2 rings (SSSR count). The van der Waals surface area contributed by atoms with Crippen molar-refractivity contribution in [1.29, 1.82) is 0 Å². The van der Waals surface area contributed by atoms with Crippen molar-refractivity contribution in [2.45, 2.75) is 66.8 Å². The summed E-state index contributed by atoms with van der Waals surface area (Å²) in [4.78, 5) is 8.05. The zero-order valence-corrected chi connectivity index (χ0v) is 17.4. The molecule has 0 amide bonds. The van der Waals surface area contributed by atoms with Crippen LogP contribution in [0.4, 0.5) is 0 Å². The monoisotopic (exact) mass is 337 g/mol. The number of rotatable bonds is 7. The smallest absolute Gasteiger partial charge is 0.0113 e. The van der Waals surface area contributed by atoms with Crippen molar-refractivity contribution >= 4 is 0 Å². The Bertz CT molecular complexity index is 356. The third kappa shape index (κ3) is 6.00. The van der Waals surface area contributed by atoms with Gasteiger partial charge in [0.1, 0.15) is 0 Å². The molecule has 0 saturated carbocycles. The molecule has 24 heavy (non-hydrogen) atoms. The Morgan fingerprint density at radius 3 is 2.17 bits per heavy atom. The van der Waals surface area contributed by atoms with Gasteiger partial charge >= 0.3 is 0 Å². The molecule has 142 valence electrons. The molecule has 0 aromatic heterocycles. The van der Waals surface area contributed by atoms with Crippen LogP contribution in [-0.4, -0.2) is 73.1 Å². The molecule has 0 aromatic carbocycles. The fourth-order valence-electron chi connectivity index (χ4n) is 4.53. The van der Waals surface area contributed by atoms with Crippen molar-refractivity contribution in [1.82, 2.24) is 14.7 Å². The highest BCUT2D eigenvalue weighted by molar-refractivity contribution is 4.86. The van der Waals surface area contributed by atoms with Crippen LogP contribution in [0.15, 0.2) is 0 Å². The van der Waals surface area contributed by atoms with Gasteiger partial charge in [-0.05, 0) is 63.5 Å². The number of likely N-dealkylation sites (tertiary alicyclic amines) is 1. The maximum atomic E-state index is 2.72. The van der Waals surface area contributed by atoms with Crippen LogP contribution in [0.2, 0.25) is 0 Å². The van der Waals surface area contributed by atoms with E-state index < -0.39 is 0 Å². The van der Waals surface area contributed by atoms with Gasteiger partial charge in [0.05, 0.1) is 0 Å². The summed E-state index contributed by atoms with van der Waals surface area (Å²) in [6.45, 7) is 24.7. The fourth-order valence-corrected chi connectivity index (χ4v) is 4.53. The van der Waals surface area contributed by atoms with Crippen LogP contribution in [-0.2, 0) is 0 Å². The number of nitrogens with zero attached hydrogens (tertiary/aromatic N) is 3. The molecule has 2 aliphatic heterocycles. The van der Waals surface area contributed by atoms with E-state index in [0.29, 0.717) is 11.5 Å². The van der Waals surface area contributed by atoms with Crippen molar-refractivity contribution < 1.29 is 0 Å². The van der Waals surface area contributed by atoms with E-state index in [1.165, 1.54) is 71.6 Å². The predicted octanol–water partition coefficient (Wildman–Crippen LogP) is 3.80. The number of piperazine rings is 1. The lowest BCUT2D eigenvalue weighted by atomic mass is 9.72. The molecule has 3 heteroatoms. The Hall–Kier alpha value is -0.120. The summed E-state index contributed by atoms with van der Waals surface area (Å²) in [5, 5.41) is 0. The minimum atomic E-state index is 0.477. The maximum absolute atomic E-state index is 2.72. The second kappa shape index (κ2) is 9.00. The predicted molar refractivity (Wildman–Crippen MR) is 106 cm³/mol. The zero-order chi connectivity index (χ0) is 17.7. The highest BCUT2D eigenvalue weighted by atomic mass is 15.3. The Kier molecular flexibility index (Phi) is 7.58. The molecular weight excluding hydrogens is 294 g/mol. The standard InChI is InChI=1S/C21H43N3/c1-18(2)16-23-10-7-8-20(17-23)21(5,6)9-11-22-12-14-24(15-13-22)19(3)4/h18-20H,7-17H2,1-6H3. The lowest BCUT2D eigenvalue weighted by Crippen LogP contribution is -2.50. The molecule has 2 saturated heterocycles. The lowest BCUT2D eigenvalue weighted by molar-refractivity contribution is 0.0544. The summed E-state index contributed by atoms with van der Waals surface area (Å²) >= 11 is 0. The van der Waals surface area contributed by atoms with E-state index >= 15 is 0 Å². The molecule has 0 spiro atoms. The Morgan fingerprint density at radius 2 is 1.58 bits per heavy atom. The van der Waals surface area contributed by atoms with Crippen LogP contribution >= 0.6 is 0 Å². The fraction of sp³-hybridized carbons (Fsp3) is 1.00. The molecular formula is C21H43N3. The van der Waals surface area contributed by atoms with E-state index in [9.17, 15) is 0 Å². The first-order valence-corrected chi connectivity index (χ1v) is 10.5. The molecule has 1 unspecified atom stereocenters. The molecule has 0 bridgehead atoms. The quantitative estimate of drug-likeness (QED) is 0.700. The molecule has 2 fully saturated rings. The average molecular weight is 338 g/mol. The van der Waals surface area contributed by atoms with Gasteiger partial charge in [-0.2, -0.15) is 0 Å². The second-order valence-corrected chi connectivity index (χ2v) is 9.70. The number of hydrogen-bond acceptors (Lipinski definition) is 3. The largest absolute Gasteiger partial charge is 0.303 e. The zero-order valence-electron chi connectivity index (χ0n) is 17.4.